The van der Waals surface area contributed by atoms with E-state index >= 15 is 0 Å². The topological polar surface area (TPSA) is 102 Å². The van der Waals surface area contributed by atoms with E-state index in [9.17, 15) is 9.59 Å². The third-order valence-electron chi connectivity index (χ3n) is 3.74. The number of carbonyl (C=O) groups excluding carboxylic acids is 1. The van der Waals surface area contributed by atoms with E-state index in [2.05, 4.69) is 20.3 Å². The fourth-order valence-electron chi connectivity index (χ4n) is 2.41. The average Bonchev–Trinajstić information content (AvgIpc) is 3.35. The van der Waals surface area contributed by atoms with Gasteiger partial charge in [-0.1, -0.05) is 17.8 Å². The highest BCUT2D eigenvalue weighted by molar-refractivity contribution is 7.99. The molecule has 0 aliphatic rings. The predicted octanol–water partition coefficient (Wildman–Crippen LogP) is 2.52. The van der Waals surface area contributed by atoms with E-state index in [-0.39, 0.29) is 28.6 Å². The SMILES string of the molecule is COc1ccc(-c2nn3c(SCC(=O)c4cccs4)nnc3[nH]c2=O)cc1. The Morgan fingerprint density at radius 2 is 2.07 bits per heavy atom. The van der Waals surface area contributed by atoms with Crippen molar-refractivity contribution in [2.24, 2.45) is 0 Å². The number of methoxy groups -OCH3 is 1. The van der Waals surface area contributed by atoms with Crippen LogP contribution in [0.15, 0.2) is 51.7 Å². The number of hydrogen-bond acceptors (Lipinski definition) is 8. The number of carbonyl (C=O) groups is 1. The first kappa shape index (κ1) is 17.4. The molecule has 0 fully saturated rings. The summed E-state index contributed by atoms with van der Waals surface area (Å²) in [5.74, 6) is 1.12. The number of aromatic nitrogens is 5. The number of rotatable bonds is 6. The number of fused-ring (bicyclic) bond motifs is 1. The third-order valence-corrected chi connectivity index (χ3v) is 5.57. The van der Waals surface area contributed by atoms with E-state index in [4.69, 9.17) is 4.74 Å². The van der Waals surface area contributed by atoms with Crippen LogP contribution in [-0.4, -0.2) is 43.4 Å². The maximum atomic E-state index is 12.3. The first-order valence-electron chi connectivity index (χ1n) is 7.85. The predicted molar refractivity (Wildman–Crippen MR) is 103 cm³/mol. The van der Waals surface area contributed by atoms with Crippen molar-refractivity contribution >= 4 is 34.7 Å². The molecule has 4 rings (SSSR count). The Labute approximate surface area is 161 Å². The smallest absolute Gasteiger partial charge is 0.279 e. The molecule has 0 saturated heterocycles. The summed E-state index contributed by atoms with van der Waals surface area (Å²) in [5.41, 5.74) is 0.501. The largest absolute Gasteiger partial charge is 0.497 e. The van der Waals surface area contributed by atoms with Crippen LogP contribution in [0.2, 0.25) is 0 Å². The minimum Gasteiger partial charge on any atom is -0.497 e. The average molecular weight is 399 g/mol. The van der Waals surface area contributed by atoms with E-state index in [0.717, 1.165) is 0 Å². The number of nitrogens with zero attached hydrogens (tertiary/aromatic N) is 4. The maximum Gasteiger partial charge on any atom is 0.279 e. The second-order valence-electron chi connectivity index (χ2n) is 5.44. The van der Waals surface area contributed by atoms with Gasteiger partial charge in [-0.05, 0) is 35.7 Å². The standard InChI is InChI=1S/C17H13N5O3S2/c1-25-11-6-4-10(5-7-11)14-15(24)18-16-19-20-17(22(16)21-14)27-9-12(23)13-3-2-8-26-13/h2-8H,9H2,1H3,(H,18,19,24). The van der Waals surface area contributed by atoms with Gasteiger partial charge in [0.1, 0.15) is 5.75 Å². The molecule has 3 aromatic heterocycles. The Morgan fingerprint density at radius 3 is 2.78 bits per heavy atom. The van der Waals surface area contributed by atoms with Crippen LogP contribution in [-0.2, 0) is 0 Å². The molecule has 0 bridgehead atoms. The van der Waals surface area contributed by atoms with Gasteiger partial charge in [-0.25, -0.2) is 0 Å². The molecule has 0 aliphatic carbocycles. The van der Waals surface area contributed by atoms with Crippen molar-refractivity contribution in [1.82, 2.24) is 24.8 Å². The zero-order valence-electron chi connectivity index (χ0n) is 14.1. The number of hydrogen-bond donors (Lipinski definition) is 1. The molecule has 0 spiro atoms. The zero-order valence-corrected chi connectivity index (χ0v) is 15.7. The number of nitrogens with one attached hydrogen (secondary N) is 1. The van der Waals surface area contributed by atoms with Gasteiger partial charge in [-0.15, -0.1) is 21.5 Å². The van der Waals surface area contributed by atoms with Crippen LogP contribution in [0.25, 0.3) is 17.0 Å². The van der Waals surface area contributed by atoms with Gasteiger partial charge in [0.05, 0.1) is 17.7 Å². The van der Waals surface area contributed by atoms with Crippen molar-refractivity contribution in [3.05, 3.63) is 57.0 Å². The van der Waals surface area contributed by atoms with Crippen LogP contribution in [0, 0.1) is 0 Å². The van der Waals surface area contributed by atoms with Crippen LogP contribution in [0.3, 0.4) is 0 Å². The number of aromatic amines is 1. The van der Waals surface area contributed by atoms with E-state index < -0.39 is 0 Å². The monoisotopic (exact) mass is 399 g/mol. The lowest BCUT2D eigenvalue weighted by molar-refractivity contribution is 0.102. The summed E-state index contributed by atoms with van der Waals surface area (Å²) in [5, 5.41) is 14.6. The number of benzene rings is 1. The third kappa shape index (κ3) is 3.49. The molecule has 8 nitrogen and oxygen atoms in total. The maximum absolute atomic E-state index is 12.3. The number of H-pyrrole nitrogens is 1. The van der Waals surface area contributed by atoms with E-state index in [0.29, 0.717) is 21.3 Å². The molecule has 27 heavy (non-hydrogen) atoms. The molecule has 0 amide bonds. The summed E-state index contributed by atoms with van der Waals surface area (Å²) in [6.45, 7) is 0. The number of thiophene rings is 1. The fourth-order valence-corrected chi connectivity index (χ4v) is 3.93. The first-order valence-corrected chi connectivity index (χ1v) is 9.72. The van der Waals surface area contributed by atoms with Crippen LogP contribution < -0.4 is 10.3 Å². The molecule has 0 radical (unpaired) electrons. The highest BCUT2D eigenvalue weighted by atomic mass is 32.2. The molecule has 0 aliphatic heterocycles. The molecule has 10 heteroatoms. The fraction of sp³-hybridized carbons (Fsp3) is 0.118. The highest BCUT2D eigenvalue weighted by Gasteiger charge is 2.15. The Bertz CT molecular complexity index is 1150. The molecule has 1 aromatic carbocycles. The van der Waals surface area contributed by atoms with Gasteiger partial charge >= 0.3 is 0 Å². The lowest BCUT2D eigenvalue weighted by atomic mass is 10.1. The van der Waals surface area contributed by atoms with Crippen molar-refractivity contribution in [1.29, 1.82) is 0 Å². The van der Waals surface area contributed by atoms with Gasteiger partial charge in [0.15, 0.2) is 11.5 Å². The number of thioether (sulfide) groups is 1. The van der Waals surface area contributed by atoms with Crippen molar-refractivity contribution in [2.75, 3.05) is 12.9 Å². The zero-order chi connectivity index (χ0) is 18.8. The van der Waals surface area contributed by atoms with Crippen molar-refractivity contribution < 1.29 is 9.53 Å². The van der Waals surface area contributed by atoms with E-state index in [1.54, 1.807) is 37.4 Å². The summed E-state index contributed by atoms with van der Waals surface area (Å²) in [7, 11) is 1.57. The lowest BCUT2D eigenvalue weighted by Crippen LogP contribution is -2.15. The molecule has 0 unspecified atom stereocenters. The minimum atomic E-state index is -0.369. The van der Waals surface area contributed by atoms with Crippen LogP contribution in [0.5, 0.6) is 5.75 Å². The number of ether oxygens (including phenoxy) is 1. The van der Waals surface area contributed by atoms with Gasteiger partial charge in [0, 0.05) is 5.56 Å². The molecule has 3 heterocycles. The van der Waals surface area contributed by atoms with E-state index in [1.165, 1.54) is 27.6 Å². The van der Waals surface area contributed by atoms with Crippen molar-refractivity contribution in [3.63, 3.8) is 0 Å². The van der Waals surface area contributed by atoms with Gasteiger partial charge in [0.2, 0.25) is 5.16 Å². The summed E-state index contributed by atoms with van der Waals surface area (Å²) < 4.78 is 6.57. The molecule has 4 aromatic rings. The quantitative estimate of drug-likeness (QED) is 0.393. The molecule has 136 valence electrons. The molecule has 0 atom stereocenters. The van der Waals surface area contributed by atoms with Crippen molar-refractivity contribution in [2.45, 2.75) is 5.16 Å². The Hall–Kier alpha value is -2.98. The molecular formula is C17H13N5O3S2. The van der Waals surface area contributed by atoms with Gasteiger partial charge < -0.3 is 4.74 Å². The molecular weight excluding hydrogens is 386 g/mol. The number of ketones is 1. The summed E-state index contributed by atoms with van der Waals surface area (Å²) >= 11 is 2.62. The van der Waals surface area contributed by atoms with Crippen molar-refractivity contribution in [3.8, 4) is 17.0 Å². The van der Waals surface area contributed by atoms with Crippen LogP contribution in [0.1, 0.15) is 9.67 Å². The van der Waals surface area contributed by atoms with Crippen LogP contribution in [0.4, 0.5) is 0 Å². The van der Waals surface area contributed by atoms with Gasteiger partial charge in [0.25, 0.3) is 11.3 Å². The minimum absolute atomic E-state index is 0.00607. The van der Waals surface area contributed by atoms with Gasteiger partial charge in [-0.2, -0.15) is 9.61 Å². The number of Topliss-reactive ketones (excluding diaryl/α,β-unsaturated/α-hetero) is 1. The first-order chi connectivity index (χ1) is 13.2. The summed E-state index contributed by atoms with van der Waals surface area (Å²) in [6.07, 6.45) is 0. The molecule has 1 N–H and O–H groups in total. The second kappa shape index (κ2) is 7.33. The Balaban J connectivity index is 1.65. The summed E-state index contributed by atoms with van der Waals surface area (Å²) in [6, 6.07) is 10.6. The van der Waals surface area contributed by atoms with Gasteiger partial charge in [-0.3, -0.25) is 14.6 Å². The molecule has 0 saturated carbocycles. The highest BCUT2D eigenvalue weighted by Crippen LogP contribution is 2.21. The summed E-state index contributed by atoms with van der Waals surface area (Å²) in [4.78, 5) is 27.9. The van der Waals surface area contributed by atoms with E-state index in [1.807, 2.05) is 11.4 Å². The Morgan fingerprint density at radius 1 is 1.26 bits per heavy atom. The van der Waals surface area contributed by atoms with Crippen LogP contribution >= 0.6 is 23.1 Å². The normalized spacial score (nSPS) is 11.0. The second-order valence-corrected chi connectivity index (χ2v) is 7.33. The lowest BCUT2D eigenvalue weighted by Gasteiger charge is -2.04. The Kier molecular flexibility index (Phi) is 4.73.